The van der Waals surface area contributed by atoms with Crippen molar-refractivity contribution in [2.24, 2.45) is 5.73 Å². The van der Waals surface area contributed by atoms with E-state index in [0.29, 0.717) is 17.6 Å². The number of hydrogen-bond acceptors (Lipinski definition) is 4. The summed E-state index contributed by atoms with van der Waals surface area (Å²) >= 11 is 3.29. The molecule has 0 aliphatic rings. The highest BCUT2D eigenvalue weighted by atomic mass is 79.9. The predicted molar refractivity (Wildman–Crippen MR) is 70.8 cm³/mol. The molecule has 6 heteroatoms. The summed E-state index contributed by atoms with van der Waals surface area (Å²) in [5, 5.41) is 10.8. The van der Waals surface area contributed by atoms with Gasteiger partial charge in [0.25, 0.3) is 5.69 Å². The second-order valence-corrected chi connectivity index (χ2v) is 4.68. The van der Waals surface area contributed by atoms with Crippen molar-refractivity contribution >= 4 is 21.6 Å². The first-order chi connectivity index (χ1) is 8.06. The minimum atomic E-state index is -0.381. The molecular formula is C11H16BrN3O2. The molecule has 0 bridgehead atoms. The first kappa shape index (κ1) is 14.1. The average Bonchev–Trinajstić information content (AvgIpc) is 2.28. The number of nitro benzene ring substituents is 1. The second-order valence-electron chi connectivity index (χ2n) is 3.89. The van der Waals surface area contributed by atoms with Crippen molar-refractivity contribution in [3.63, 3.8) is 0 Å². The number of nitrogens with two attached hydrogens (primary N) is 1. The highest BCUT2D eigenvalue weighted by Crippen LogP contribution is 2.28. The maximum absolute atomic E-state index is 10.8. The molecule has 2 N–H and O–H groups in total. The van der Waals surface area contributed by atoms with E-state index in [4.69, 9.17) is 5.73 Å². The first-order valence-corrected chi connectivity index (χ1v) is 6.16. The highest BCUT2D eigenvalue weighted by molar-refractivity contribution is 9.10. The lowest BCUT2D eigenvalue weighted by atomic mass is 10.2. The van der Waals surface area contributed by atoms with Crippen molar-refractivity contribution in [2.75, 3.05) is 20.1 Å². The van der Waals surface area contributed by atoms with Gasteiger partial charge in [0.05, 0.1) is 9.40 Å². The maximum Gasteiger partial charge on any atom is 0.283 e. The smallest absolute Gasteiger partial charge is 0.283 e. The number of hydrogen-bond donors (Lipinski definition) is 1. The molecule has 0 aromatic heterocycles. The zero-order valence-electron chi connectivity index (χ0n) is 9.73. The normalized spacial score (nSPS) is 10.8. The van der Waals surface area contributed by atoms with Crippen molar-refractivity contribution in [1.82, 2.24) is 4.90 Å². The standard InChI is InChI=1S/C11H16BrN3O2/c1-14(7-3-6-13)8-9-4-2-5-10(11(9)12)15(16)17/h2,4-5H,3,6-8,13H2,1H3. The Morgan fingerprint density at radius 2 is 2.24 bits per heavy atom. The van der Waals surface area contributed by atoms with Gasteiger partial charge in [-0.1, -0.05) is 12.1 Å². The fourth-order valence-corrected chi connectivity index (χ4v) is 2.09. The predicted octanol–water partition coefficient (Wildman–Crippen LogP) is 2.14. The van der Waals surface area contributed by atoms with Gasteiger partial charge in [0, 0.05) is 12.6 Å². The Morgan fingerprint density at radius 1 is 1.53 bits per heavy atom. The van der Waals surface area contributed by atoms with Crippen LogP contribution >= 0.6 is 15.9 Å². The maximum atomic E-state index is 10.8. The van der Waals surface area contributed by atoms with Gasteiger partial charge in [-0.05, 0) is 48.1 Å². The molecular weight excluding hydrogens is 286 g/mol. The van der Waals surface area contributed by atoms with Gasteiger partial charge in [-0.2, -0.15) is 0 Å². The third-order valence-corrected chi connectivity index (χ3v) is 3.35. The molecule has 1 aromatic carbocycles. The first-order valence-electron chi connectivity index (χ1n) is 5.36. The van der Waals surface area contributed by atoms with Gasteiger partial charge < -0.3 is 10.6 Å². The lowest BCUT2D eigenvalue weighted by Crippen LogP contribution is -2.21. The van der Waals surface area contributed by atoms with E-state index < -0.39 is 0 Å². The van der Waals surface area contributed by atoms with Gasteiger partial charge in [0.2, 0.25) is 0 Å². The topological polar surface area (TPSA) is 72.4 Å². The van der Waals surface area contributed by atoms with Crippen LogP contribution in [0.4, 0.5) is 5.69 Å². The van der Waals surface area contributed by atoms with E-state index in [0.717, 1.165) is 18.5 Å². The van der Waals surface area contributed by atoms with Crippen LogP contribution in [0, 0.1) is 10.1 Å². The molecule has 0 heterocycles. The number of nitrogens with zero attached hydrogens (tertiary/aromatic N) is 2. The van der Waals surface area contributed by atoms with Crippen LogP contribution in [-0.2, 0) is 6.54 Å². The largest absolute Gasteiger partial charge is 0.330 e. The van der Waals surface area contributed by atoms with Crippen molar-refractivity contribution in [3.05, 3.63) is 38.3 Å². The van der Waals surface area contributed by atoms with Crippen LogP contribution in [0.25, 0.3) is 0 Å². The van der Waals surface area contributed by atoms with E-state index in [-0.39, 0.29) is 10.6 Å². The van der Waals surface area contributed by atoms with Gasteiger partial charge in [-0.3, -0.25) is 10.1 Å². The SMILES string of the molecule is CN(CCCN)Cc1cccc([N+](=O)[O-])c1Br. The molecule has 0 aliphatic carbocycles. The number of rotatable bonds is 6. The Kier molecular flexibility index (Phi) is 5.54. The van der Waals surface area contributed by atoms with E-state index in [1.807, 2.05) is 13.1 Å². The third kappa shape index (κ3) is 4.07. The quantitative estimate of drug-likeness (QED) is 0.645. The van der Waals surface area contributed by atoms with E-state index >= 15 is 0 Å². The molecule has 1 aromatic rings. The van der Waals surface area contributed by atoms with Crippen LogP contribution in [0.15, 0.2) is 22.7 Å². The van der Waals surface area contributed by atoms with Crippen LogP contribution in [0.3, 0.4) is 0 Å². The Labute approximate surface area is 109 Å². The summed E-state index contributed by atoms with van der Waals surface area (Å²) in [6.07, 6.45) is 0.920. The van der Waals surface area contributed by atoms with Crippen LogP contribution < -0.4 is 5.73 Å². The molecule has 0 saturated carbocycles. The molecule has 0 spiro atoms. The van der Waals surface area contributed by atoms with Gasteiger partial charge in [-0.25, -0.2) is 0 Å². The van der Waals surface area contributed by atoms with Gasteiger partial charge >= 0.3 is 0 Å². The highest BCUT2D eigenvalue weighted by Gasteiger charge is 2.15. The lowest BCUT2D eigenvalue weighted by molar-refractivity contribution is -0.385. The Hall–Kier alpha value is -0.980. The van der Waals surface area contributed by atoms with Gasteiger partial charge in [0.15, 0.2) is 0 Å². The third-order valence-electron chi connectivity index (χ3n) is 2.44. The zero-order chi connectivity index (χ0) is 12.8. The Bertz CT molecular complexity index is 398. The molecule has 0 atom stereocenters. The molecule has 0 fully saturated rings. The summed E-state index contributed by atoms with van der Waals surface area (Å²) in [5.41, 5.74) is 6.46. The van der Waals surface area contributed by atoms with Crippen molar-refractivity contribution in [3.8, 4) is 0 Å². The van der Waals surface area contributed by atoms with Crippen LogP contribution in [0.5, 0.6) is 0 Å². The van der Waals surface area contributed by atoms with Crippen LogP contribution in [0.1, 0.15) is 12.0 Å². The number of nitro groups is 1. The van der Waals surface area contributed by atoms with Gasteiger partial charge in [0.1, 0.15) is 0 Å². The van der Waals surface area contributed by atoms with Crippen LogP contribution in [0.2, 0.25) is 0 Å². The molecule has 0 radical (unpaired) electrons. The monoisotopic (exact) mass is 301 g/mol. The molecule has 0 aliphatic heterocycles. The summed E-state index contributed by atoms with van der Waals surface area (Å²) in [6.45, 7) is 2.20. The molecule has 17 heavy (non-hydrogen) atoms. The average molecular weight is 302 g/mol. The zero-order valence-corrected chi connectivity index (χ0v) is 11.3. The minimum absolute atomic E-state index is 0.106. The number of benzene rings is 1. The second kappa shape index (κ2) is 6.68. The molecule has 1 rings (SSSR count). The molecule has 0 saturated heterocycles. The molecule has 0 unspecified atom stereocenters. The van der Waals surface area contributed by atoms with Crippen LogP contribution in [-0.4, -0.2) is 30.0 Å². The fraction of sp³-hybridized carbons (Fsp3) is 0.455. The summed E-state index contributed by atoms with van der Waals surface area (Å²) < 4.78 is 0.560. The van der Waals surface area contributed by atoms with Crippen molar-refractivity contribution in [1.29, 1.82) is 0 Å². The van der Waals surface area contributed by atoms with E-state index in [9.17, 15) is 10.1 Å². The Balaban J connectivity index is 2.77. The van der Waals surface area contributed by atoms with E-state index in [2.05, 4.69) is 20.8 Å². The lowest BCUT2D eigenvalue weighted by Gasteiger charge is -2.16. The fourth-order valence-electron chi connectivity index (χ4n) is 1.56. The molecule has 94 valence electrons. The van der Waals surface area contributed by atoms with Gasteiger partial charge in [-0.15, -0.1) is 0 Å². The molecule has 0 amide bonds. The van der Waals surface area contributed by atoms with E-state index in [1.54, 1.807) is 6.07 Å². The summed E-state index contributed by atoms with van der Waals surface area (Å²) in [6, 6.07) is 5.08. The Morgan fingerprint density at radius 3 is 2.82 bits per heavy atom. The van der Waals surface area contributed by atoms with Crippen molar-refractivity contribution < 1.29 is 4.92 Å². The minimum Gasteiger partial charge on any atom is -0.330 e. The van der Waals surface area contributed by atoms with E-state index in [1.165, 1.54) is 6.07 Å². The molecule has 5 nitrogen and oxygen atoms in total. The summed E-state index contributed by atoms with van der Waals surface area (Å²) in [4.78, 5) is 12.5. The number of halogens is 1. The summed E-state index contributed by atoms with van der Waals surface area (Å²) in [5.74, 6) is 0. The summed E-state index contributed by atoms with van der Waals surface area (Å²) in [7, 11) is 1.97. The van der Waals surface area contributed by atoms with Crippen molar-refractivity contribution in [2.45, 2.75) is 13.0 Å².